The summed E-state index contributed by atoms with van der Waals surface area (Å²) in [6.07, 6.45) is 2.40. The van der Waals surface area contributed by atoms with E-state index in [1.165, 1.54) is 19.2 Å². The molecule has 0 aliphatic heterocycles. The van der Waals surface area contributed by atoms with Gasteiger partial charge in [0.15, 0.2) is 0 Å². The highest BCUT2D eigenvalue weighted by Gasteiger charge is 2.29. The minimum absolute atomic E-state index is 0.107. The zero-order valence-corrected chi connectivity index (χ0v) is 17.0. The average molecular weight is 413 g/mol. The third-order valence-electron chi connectivity index (χ3n) is 5.03. The van der Waals surface area contributed by atoms with Crippen LogP contribution in [0.3, 0.4) is 0 Å². The average Bonchev–Trinajstić information content (AvgIpc) is 2.73. The lowest BCUT2D eigenvalue weighted by Crippen LogP contribution is -2.38. The molecule has 0 spiro atoms. The van der Waals surface area contributed by atoms with E-state index >= 15 is 0 Å². The van der Waals surface area contributed by atoms with Crippen LogP contribution in [0.15, 0.2) is 53.4 Å². The highest BCUT2D eigenvalue weighted by molar-refractivity contribution is 7.89. The minimum Gasteiger partial charge on any atom is -0.469 e. The molecule has 0 unspecified atom stereocenters. The molecule has 0 radical (unpaired) electrons. The molecule has 7 heteroatoms. The van der Waals surface area contributed by atoms with Crippen molar-refractivity contribution < 1.29 is 17.9 Å². The molecular weight excluding hydrogens is 388 g/mol. The van der Waals surface area contributed by atoms with Gasteiger partial charge in [-0.3, -0.25) is 4.79 Å². The van der Waals surface area contributed by atoms with Crippen LogP contribution in [0.5, 0.6) is 0 Å². The van der Waals surface area contributed by atoms with Gasteiger partial charge < -0.3 is 10.5 Å². The lowest BCUT2D eigenvalue weighted by atomic mass is 9.86. The molecular formula is C22H24N2O4S. The van der Waals surface area contributed by atoms with Crippen molar-refractivity contribution in [3.63, 3.8) is 0 Å². The zero-order chi connectivity index (χ0) is 20.9. The van der Waals surface area contributed by atoms with Gasteiger partial charge >= 0.3 is 5.97 Å². The van der Waals surface area contributed by atoms with Crippen LogP contribution < -0.4 is 10.5 Å². The Morgan fingerprint density at radius 2 is 1.76 bits per heavy atom. The van der Waals surface area contributed by atoms with Crippen molar-refractivity contribution in [2.75, 3.05) is 12.8 Å². The number of benzene rings is 2. The summed E-state index contributed by atoms with van der Waals surface area (Å²) < 4.78 is 32.9. The van der Waals surface area contributed by atoms with E-state index in [0.717, 1.165) is 5.56 Å². The summed E-state index contributed by atoms with van der Waals surface area (Å²) in [6.45, 7) is 0. The third kappa shape index (κ3) is 5.37. The Labute approximate surface area is 171 Å². The first-order valence-corrected chi connectivity index (χ1v) is 10.9. The van der Waals surface area contributed by atoms with Crippen LogP contribution in [-0.2, 0) is 19.6 Å². The molecule has 0 atom stereocenters. The van der Waals surface area contributed by atoms with Crippen LogP contribution >= 0.6 is 0 Å². The first kappa shape index (κ1) is 20.9. The predicted molar refractivity (Wildman–Crippen MR) is 111 cm³/mol. The Morgan fingerprint density at radius 3 is 2.38 bits per heavy atom. The number of hydrogen-bond donors (Lipinski definition) is 2. The molecule has 3 N–H and O–H groups in total. The molecule has 2 aromatic rings. The van der Waals surface area contributed by atoms with Crippen LogP contribution in [-0.4, -0.2) is 27.5 Å². The van der Waals surface area contributed by atoms with E-state index in [4.69, 9.17) is 10.5 Å². The lowest BCUT2D eigenvalue weighted by molar-refractivity contribution is -0.146. The summed E-state index contributed by atoms with van der Waals surface area (Å²) >= 11 is 0. The van der Waals surface area contributed by atoms with Crippen LogP contribution in [0.2, 0.25) is 0 Å². The van der Waals surface area contributed by atoms with Gasteiger partial charge in [-0.15, -0.1) is 0 Å². The Bertz CT molecular complexity index is 1030. The second-order valence-electron chi connectivity index (χ2n) is 7.06. The molecule has 0 heterocycles. The van der Waals surface area contributed by atoms with Gasteiger partial charge in [-0.25, -0.2) is 13.1 Å². The molecule has 152 valence electrons. The first-order chi connectivity index (χ1) is 13.9. The second kappa shape index (κ2) is 9.12. The second-order valence-corrected chi connectivity index (χ2v) is 8.77. The van der Waals surface area contributed by atoms with Gasteiger partial charge in [0, 0.05) is 22.9 Å². The number of nitrogens with two attached hydrogens (primary N) is 1. The lowest BCUT2D eigenvalue weighted by Gasteiger charge is -2.27. The van der Waals surface area contributed by atoms with Crippen LogP contribution in [0.4, 0.5) is 5.69 Å². The van der Waals surface area contributed by atoms with E-state index in [1.54, 1.807) is 6.07 Å². The maximum Gasteiger partial charge on any atom is 0.308 e. The minimum atomic E-state index is -3.70. The largest absolute Gasteiger partial charge is 0.469 e. The van der Waals surface area contributed by atoms with Gasteiger partial charge in [0.05, 0.1) is 17.9 Å². The highest BCUT2D eigenvalue weighted by Crippen LogP contribution is 2.27. The fourth-order valence-electron chi connectivity index (χ4n) is 3.38. The van der Waals surface area contributed by atoms with Crippen LogP contribution in [0.25, 0.3) is 0 Å². The quantitative estimate of drug-likeness (QED) is 0.457. The van der Waals surface area contributed by atoms with Crippen molar-refractivity contribution in [1.29, 1.82) is 0 Å². The van der Waals surface area contributed by atoms with E-state index in [9.17, 15) is 13.2 Å². The molecule has 1 fully saturated rings. The molecule has 0 bridgehead atoms. The third-order valence-corrected chi connectivity index (χ3v) is 6.55. The molecule has 3 rings (SSSR count). The topological polar surface area (TPSA) is 98.5 Å². The van der Waals surface area contributed by atoms with E-state index in [-0.39, 0.29) is 22.8 Å². The van der Waals surface area contributed by atoms with Gasteiger partial charge in [-0.1, -0.05) is 30.0 Å². The maximum absolute atomic E-state index is 12.7. The summed E-state index contributed by atoms with van der Waals surface area (Å²) in [6, 6.07) is 13.8. The number of anilines is 1. The zero-order valence-electron chi connectivity index (χ0n) is 16.2. The molecule has 0 saturated heterocycles. The molecule has 0 aromatic heterocycles. The number of carbonyl (C=O) groups is 1. The van der Waals surface area contributed by atoms with Crippen molar-refractivity contribution in [2.45, 2.75) is 36.6 Å². The molecule has 1 aliphatic rings. The molecule has 0 amide bonds. The Balaban J connectivity index is 1.68. The number of carbonyl (C=O) groups excluding carboxylic acids is 1. The molecule has 6 nitrogen and oxygen atoms in total. The standard InChI is InChI=1S/C22H24N2O4S/c1-28-22(25)18-9-12-19(13-10-18)24-29(26,27)20-14-11-17(21(23)15-20)8-7-16-5-3-2-4-6-16/h2-6,11,14-15,18-19,24H,9-10,12-13,23H2,1H3. The van der Waals surface area contributed by atoms with Crippen molar-refractivity contribution in [1.82, 2.24) is 4.72 Å². The number of methoxy groups -OCH3 is 1. The van der Waals surface area contributed by atoms with Gasteiger partial charge in [-0.2, -0.15) is 0 Å². The Hall–Kier alpha value is -2.82. The highest BCUT2D eigenvalue weighted by atomic mass is 32.2. The van der Waals surface area contributed by atoms with E-state index in [0.29, 0.717) is 36.9 Å². The summed E-state index contributed by atoms with van der Waals surface area (Å²) in [5.74, 6) is 5.60. The fraction of sp³-hybridized carbons (Fsp3) is 0.318. The van der Waals surface area contributed by atoms with Crippen molar-refractivity contribution in [2.24, 2.45) is 5.92 Å². The van der Waals surface area contributed by atoms with E-state index in [1.807, 2.05) is 30.3 Å². The number of rotatable bonds is 4. The van der Waals surface area contributed by atoms with E-state index in [2.05, 4.69) is 16.6 Å². The number of sulfonamides is 1. The summed E-state index contributed by atoms with van der Waals surface area (Å²) in [4.78, 5) is 11.7. The summed E-state index contributed by atoms with van der Waals surface area (Å²) in [5.41, 5.74) is 7.78. The van der Waals surface area contributed by atoms with Gasteiger partial charge in [0.2, 0.25) is 10.0 Å². The first-order valence-electron chi connectivity index (χ1n) is 9.46. The normalized spacial score (nSPS) is 19.1. The fourth-order valence-corrected chi connectivity index (χ4v) is 4.72. The SMILES string of the molecule is COC(=O)C1CCC(NS(=O)(=O)c2ccc(C#Cc3ccccc3)c(N)c2)CC1. The van der Waals surface area contributed by atoms with Gasteiger partial charge in [0.25, 0.3) is 0 Å². The van der Waals surface area contributed by atoms with Gasteiger partial charge in [-0.05, 0) is 56.0 Å². The molecule has 1 saturated carbocycles. The monoisotopic (exact) mass is 412 g/mol. The molecule has 1 aliphatic carbocycles. The van der Waals surface area contributed by atoms with Crippen molar-refractivity contribution >= 4 is 21.7 Å². The number of nitrogen functional groups attached to an aromatic ring is 1. The Kier molecular flexibility index (Phi) is 6.57. The van der Waals surface area contributed by atoms with Gasteiger partial charge in [0.1, 0.15) is 0 Å². The summed E-state index contributed by atoms with van der Waals surface area (Å²) in [5, 5.41) is 0. The van der Waals surface area contributed by atoms with Crippen molar-refractivity contribution in [3.05, 3.63) is 59.7 Å². The van der Waals surface area contributed by atoms with Crippen LogP contribution in [0.1, 0.15) is 36.8 Å². The smallest absolute Gasteiger partial charge is 0.308 e. The maximum atomic E-state index is 12.7. The van der Waals surface area contributed by atoms with E-state index < -0.39 is 10.0 Å². The Morgan fingerprint density at radius 1 is 1.07 bits per heavy atom. The van der Waals surface area contributed by atoms with Crippen molar-refractivity contribution in [3.8, 4) is 11.8 Å². The number of nitrogens with one attached hydrogen (secondary N) is 1. The number of ether oxygens (including phenoxy) is 1. The molecule has 2 aromatic carbocycles. The number of hydrogen-bond acceptors (Lipinski definition) is 5. The molecule has 29 heavy (non-hydrogen) atoms. The summed E-state index contributed by atoms with van der Waals surface area (Å²) in [7, 11) is -2.33. The number of esters is 1. The van der Waals surface area contributed by atoms with Crippen LogP contribution in [0, 0.1) is 17.8 Å². The predicted octanol–water partition coefficient (Wildman–Crippen LogP) is 2.68.